The summed E-state index contributed by atoms with van der Waals surface area (Å²) in [5.41, 5.74) is -1.84. The molecule has 1 aromatic carbocycles. The van der Waals surface area contributed by atoms with Crippen molar-refractivity contribution < 1.29 is 27.8 Å². The monoisotopic (exact) mass is 356 g/mol. The van der Waals surface area contributed by atoms with Gasteiger partial charge in [-0.05, 0) is 18.2 Å². The van der Waals surface area contributed by atoms with Gasteiger partial charge in [-0.1, -0.05) is 0 Å². The van der Waals surface area contributed by atoms with Crippen LogP contribution < -0.4 is 10.1 Å². The summed E-state index contributed by atoms with van der Waals surface area (Å²) >= 11 is 0. The van der Waals surface area contributed by atoms with E-state index in [0.717, 1.165) is 6.07 Å². The van der Waals surface area contributed by atoms with Crippen molar-refractivity contribution in [2.45, 2.75) is 18.5 Å². The fourth-order valence-electron chi connectivity index (χ4n) is 2.70. The summed E-state index contributed by atoms with van der Waals surface area (Å²) in [7, 11) is 2.83. The van der Waals surface area contributed by atoms with Crippen LogP contribution in [0.2, 0.25) is 0 Å². The minimum absolute atomic E-state index is 0.0469. The zero-order valence-electron chi connectivity index (χ0n) is 14.3. The van der Waals surface area contributed by atoms with Gasteiger partial charge in [0.15, 0.2) is 17.2 Å². The minimum Gasteiger partial charge on any atom is -0.494 e. The molecule has 1 fully saturated rings. The molecular formula is C17H22F2N2O4. The fourth-order valence-corrected chi connectivity index (χ4v) is 2.70. The number of rotatable bonds is 6. The van der Waals surface area contributed by atoms with E-state index in [1.165, 1.54) is 31.3 Å². The molecule has 1 saturated heterocycles. The van der Waals surface area contributed by atoms with Gasteiger partial charge in [-0.2, -0.15) is 0 Å². The Hall–Kier alpha value is -2.22. The summed E-state index contributed by atoms with van der Waals surface area (Å²) in [4.78, 5) is 25.8. The molecule has 25 heavy (non-hydrogen) atoms. The van der Waals surface area contributed by atoms with Gasteiger partial charge in [0.25, 0.3) is 11.8 Å². The van der Waals surface area contributed by atoms with Crippen molar-refractivity contribution in [1.82, 2.24) is 10.2 Å². The molecule has 0 bridgehead atoms. The fraction of sp³-hybridized carbons (Fsp3) is 0.529. The average molecular weight is 356 g/mol. The lowest BCUT2D eigenvalue weighted by Gasteiger charge is -2.35. The van der Waals surface area contributed by atoms with Gasteiger partial charge in [0.05, 0.1) is 13.7 Å². The highest BCUT2D eigenvalue weighted by Gasteiger charge is 2.42. The lowest BCUT2D eigenvalue weighted by atomic mass is 9.92. The van der Waals surface area contributed by atoms with Gasteiger partial charge in [0, 0.05) is 45.1 Å². The van der Waals surface area contributed by atoms with Gasteiger partial charge in [-0.25, -0.2) is 8.78 Å². The first-order chi connectivity index (χ1) is 11.9. The molecule has 1 aliphatic heterocycles. The highest BCUT2D eigenvalue weighted by molar-refractivity contribution is 5.95. The third kappa shape index (κ3) is 4.45. The molecule has 0 radical (unpaired) electrons. The topological polar surface area (TPSA) is 67.9 Å². The predicted octanol–water partition coefficient (Wildman–Crippen LogP) is 1.54. The van der Waals surface area contributed by atoms with E-state index < -0.39 is 23.3 Å². The van der Waals surface area contributed by atoms with E-state index in [-0.39, 0.29) is 43.8 Å². The molecule has 1 N–H and O–H groups in total. The standard InChI is InChI=1S/C17H22F2N2O4/c1-24-10-7-20-16(23)17(19)5-8-21(9-6-17)15(22)12-3-4-14(25-2)13(18)11-12/h3-4,11H,5-10H2,1-2H3,(H,20,23). The molecular weight excluding hydrogens is 334 g/mol. The van der Waals surface area contributed by atoms with Crippen LogP contribution in [0.15, 0.2) is 18.2 Å². The number of likely N-dealkylation sites (tertiary alicyclic amines) is 1. The molecule has 0 aliphatic carbocycles. The molecule has 0 atom stereocenters. The van der Waals surface area contributed by atoms with Crippen LogP contribution in [0.5, 0.6) is 5.75 Å². The van der Waals surface area contributed by atoms with Crippen LogP contribution in [0.4, 0.5) is 8.78 Å². The van der Waals surface area contributed by atoms with Crippen LogP contribution in [0.1, 0.15) is 23.2 Å². The number of nitrogens with one attached hydrogen (secondary N) is 1. The van der Waals surface area contributed by atoms with Gasteiger partial charge in [-0.3, -0.25) is 9.59 Å². The first kappa shape index (κ1) is 19.1. The molecule has 0 unspecified atom stereocenters. The Morgan fingerprint density at radius 1 is 1.28 bits per heavy atom. The first-order valence-electron chi connectivity index (χ1n) is 8.00. The summed E-state index contributed by atoms with van der Waals surface area (Å²) in [6, 6.07) is 3.92. The van der Waals surface area contributed by atoms with Crippen molar-refractivity contribution in [3.63, 3.8) is 0 Å². The second-order valence-corrected chi connectivity index (χ2v) is 5.86. The minimum atomic E-state index is -2.00. The number of carbonyl (C=O) groups is 2. The maximum atomic E-state index is 14.7. The molecule has 2 amide bonds. The Balaban J connectivity index is 1.95. The van der Waals surface area contributed by atoms with Crippen molar-refractivity contribution >= 4 is 11.8 Å². The molecule has 0 aromatic heterocycles. The lowest BCUT2D eigenvalue weighted by Crippen LogP contribution is -2.52. The number of amides is 2. The highest BCUT2D eigenvalue weighted by atomic mass is 19.1. The van der Waals surface area contributed by atoms with Crippen molar-refractivity contribution in [3.8, 4) is 5.75 Å². The van der Waals surface area contributed by atoms with Crippen molar-refractivity contribution in [2.24, 2.45) is 0 Å². The highest BCUT2D eigenvalue weighted by Crippen LogP contribution is 2.28. The van der Waals surface area contributed by atoms with Gasteiger partial charge in [0.2, 0.25) is 0 Å². The summed E-state index contributed by atoms with van der Waals surface area (Å²) in [5, 5.41) is 2.48. The molecule has 8 heteroatoms. The summed E-state index contributed by atoms with van der Waals surface area (Å²) < 4.78 is 38.1. The van der Waals surface area contributed by atoms with E-state index in [9.17, 15) is 18.4 Å². The molecule has 1 heterocycles. The predicted molar refractivity (Wildman–Crippen MR) is 86.8 cm³/mol. The number of methoxy groups -OCH3 is 2. The number of halogens is 2. The number of hydrogen-bond acceptors (Lipinski definition) is 4. The second-order valence-electron chi connectivity index (χ2n) is 5.86. The quantitative estimate of drug-likeness (QED) is 0.785. The van der Waals surface area contributed by atoms with Gasteiger partial charge >= 0.3 is 0 Å². The number of alkyl halides is 1. The Bertz CT molecular complexity index is 631. The number of nitrogens with zero attached hydrogens (tertiary/aromatic N) is 1. The van der Waals surface area contributed by atoms with Crippen LogP contribution in [-0.2, 0) is 9.53 Å². The molecule has 0 spiro atoms. The van der Waals surface area contributed by atoms with E-state index in [1.807, 2.05) is 0 Å². The Labute approximate surface area is 145 Å². The van der Waals surface area contributed by atoms with E-state index >= 15 is 0 Å². The maximum Gasteiger partial charge on any atom is 0.257 e. The Morgan fingerprint density at radius 3 is 2.52 bits per heavy atom. The van der Waals surface area contributed by atoms with E-state index in [4.69, 9.17) is 9.47 Å². The maximum absolute atomic E-state index is 14.7. The van der Waals surface area contributed by atoms with Crippen LogP contribution >= 0.6 is 0 Å². The number of carbonyl (C=O) groups excluding carboxylic acids is 2. The molecule has 1 aliphatic rings. The van der Waals surface area contributed by atoms with Crippen molar-refractivity contribution in [1.29, 1.82) is 0 Å². The second kappa shape index (κ2) is 8.24. The van der Waals surface area contributed by atoms with E-state index in [1.54, 1.807) is 0 Å². The van der Waals surface area contributed by atoms with Crippen LogP contribution in [0.3, 0.4) is 0 Å². The van der Waals surface area contributed by atoms with Gasteiger partial charge < -0.3 is 19.7 Å². The number of ether oxygens (including phenoxy) is 2. The van der Waals surface area contributed by atoms with Crippen LogP contribution in [-0.4, -0.2) is 62.8 Å². The first-order valence-corrected chi connectivity index (χ1v) is 8.00. The van der Waals surface area contributed by atoms with E-state index in [2.05, 4.69) is 5.32 Å². The smallest absolute Gasteiger partial charge is 0.257 e. The number of benzene rings is 1. The molecule has 6 nitrogen and oxygen atoms in total. The Kier molecular flexibility index (Phi) is 6.30. The number of piperidine rings is 1. The summed E-state index contributed by atoms with van der Waals surface area (Å²) in [6.07, 6.45) is -0.202. The SMILES string of the molecule is COCCNC(=O)C1(F)CCN(C(=O)c2ccc(OC)c(F)c2)CC1. The van der Waals surface area contributed by atoms with Crippen molar-refractivity contribution in [3.05, 3.63) is 29.6 Å². The molecule has 138 valence electrons. The summed E-state index contributed by atoms with van der Waals surface area (Å²) in [5.74, 6) is -1.68. The van der Waals surface area contributed by atoms with Crippen molar-refractivity contribution in [2.75, 3.05) is 40.5 Å². The zero-order valence-corrected chi connectivity index (χ0v) is 14.3. The number of hydrogen-bond donors (Lipinski definition) is 1. The van der Waals surface area contributed by atoms with Gasteiger partial charge in [-0.15, -0.1) is 0 Å². The largest absolute Gasteiger partial charge is 0.494 e. The van der Waals surface area contributed by atoms with Crippen LogP contribution in [0.25, 0.3) is 0 Å². The van der Waals surface area contributed by atoms with Crippen LogP contribution in [0, 0.1) is 5.82 Å². The molecule has 1 aromatic rings. The lowest BCUT2D eigenvalue weighted by molar-refractivity contribution is -0.135. The van der Waals surface area contributed by atoms with Gasteiger partial charge in [0.1, 0.15) is 0 Å². The molecule has 2 rings (SSSR count). The third-order valence-corrected chi connectivity index (χ3v) is 4.24. The zero-order chi connectivity index (χ0) is 18.4. The summed E-state index contributed by atoms with van der Waals surface area (Å²) in [6.45, 7) is 0.700. The third-order valence-electron chi connectivity index (χ3n) is 4.24. The normalized spacial score (nSPS) is 16.4. The molecule has 0 saturated carbocycles. The average Bonchev–Trinajstić information content (AvgIpc) is 2.61. The Morgan fingerprint density at radius 2 is 1.96 bits per heavy atom. The van der Waals surface area contributed by atoms with E-state index in [0.29, 0.717) is 6.61 Å².